The van der Waals surface area contributed by atoms with Crippen LogP contribution in [-0.2, 0) is 24.3 Å². The zero-order valence-electron chi connectivity index (χ0n) is 13.8. The van der Waals surface area contributed by atoms with E-state index in [2.05, 4.69) is 20.1 Å². The van der Waals surface area contributed by atoms with Gasteiger partial charge in [0.05, 0.1) is 23.4 Å². The Hall–Kier alpha value is -2.59. The molecule has 0 bridgehead atoms. The van der Waals surface area contributed by atoms with E-state index in [0.717, 1.165) is 29.2 Å². The van der Waals surface area contributed by atoms with E-state index in [1.807, 2.05) is 4.90 Å². The number of rotatable bonds is 4. The first kappa shape index (κ1) is 15.6. The predicted molar refractivity (Wildman–Crippen MR) is 92.1 cm³/mol. The Morgan fingerprint density at radius 3 is 3.04 bits per heavy atom. The maximum atomic E-state index is 12.4. The van der Waals surface area contributed by atoms with E-state index < -0.39 is 12.0 Å². The average Bonchev–Trinajstić information content (AvgIpc) is 3.19. The highest BCUT2D eigenvalue weighted by molar-refractivity contribution is 7.16. The van der Waals surface area contributed by atoms with Crippen molar-refractivity contribution in [2.75, 3.05) is 0 Å². The van der Waals surface area contributed by atoms with Gasteiger partial charge in [-0.2, -0.15) is 9.61 Å². The number of fused-ring (bicyclic) bond motifs is 2. The summed E-state index contributed by atoms with van der Waals surface area (Å²) in [6.45, 7) is 0.723. The number of hydrogen-bond acceptors (Lipinski definition) is 7. The van der Waals surface area contributed by atoms with Crippen LogP contribution in [0.3, 0.4) is 0 Å². The molecule has 5 rings (SSSR count). The number of H-pyrrole nitrogens is 1. The van der Waals surface area contributed by atoms with Gasteiger partial charge in [-0.25, -0.2) is 9.97 Å². The van der Waals surface area contributed by atoms with Gasteiger partial charge < -0.3 is 10.1 Å². The molecule has 4 heterocycles. The van der Waals surface area contributed by atoms with Gasteiger partial charge in [-0.05, 0) is 12.8 Å². The number of hydrogen-bond donors (Lipinski definition) is 2. The average molecular weight is 372 g/mol. The van der Waals surface area contributed by atoms with Gasteiger partial charge in [0.15, 0.2) is 0 Å². The van der Waals surface area contributed by atoms with Crippen molar-refractivity contribution in [1.29, 1.82) is 0 Å². The van der Waals surface area contributed by atoms with Crippen LogP contribution in [-0.4, -0.2) is 46.6 Å². The Labute approximate surface area is 151 Å². The number of carboxylic acid groups (broad SMARTS) is 1. The zero-order valence-corrected chi connectivity index (χ0v) is 14.6. The third-order valence-corrected chi connectivity index (χ3v) is 5.96. The van der Waals surface area contributed by atoms with E-state index in [4.69, 9.17) is 0 Å². The number of aliphatic carboxylic acids is 1. The molecule has 0 amide bonds. The van der Waals surface area contributed by atoms with E-state index in [9.17, 15) is 14.7 Å². The van der Waals surface area contributed by atoms with Crippen LogP contribution >= 0.6 is 11.3 Å². The summed E-state index contributed by atoms with van der Waals surface area (Å²) < 4.78 is 1.35. The molecule has 0 aromatic carbocycles. The van der Waals surface area contributed by atoms with Crippen molar-refractivity contribution in [3.63, 3.8) is 0 Å². The van der Waals surface area contributed by atoms with Gasteiger partial charge in [0.1, 0.15) is 11.0 Å². The Bertz CT molecular complexity index is 1070. The first-order valence-corrected chi connectivity index (χ1v) is 9.28. The van der Waals surface area contributed by atoms with Crippen molar-refractivity contribution in [3.05, 3.63) is 44.8 Å². The summed E-state index contributed by atoms with van der Waals surface area (Å²) >= 11 is 1.45. The van der Waals surface area contributed by atoms with Crippen molar-refractivity contribution >= 4 is 22.3 Å². The maximum absolute atomic E-state index is 12.4. The molecular formula is C16H16N6O3S. The number of nitrogens with one attached hydrogen (secondary N) is 1. The molecule has 1 aliphatic heterocycles. The van der Waals surface area contributed by atoms with E-state index >= 15 is 0 Å². The second-order valence-electron chi connectivity index (χ2n) is 6.79. The minimum Gasteiger partial charge on any atom is -0.480 e. The number of aromatic amines is 1. The minimum absolute atomic E-state index is 0.223. The third-order valence-electron chi connectivity index (χ3n) is 4.89. The van der Waals surface area contributed by atoms with E-state index in [-0.39, 0.29) is 12.1 Å². The summed E-state index contributed by atoms with van der Waals surface area (Å²) in [4.78, 5) is 38.2. The summed E-state index contributed by atoms with van der Waals surface area (Å²) in [7, 11) is 0. The highest BCUT2D eigenvalue weighted by Gasteiger charge is 2.33. The number of imidazole rings is 1. The van der Waals surface area contributed by atoms with Crippen molar-refractivity contribution in [1.82, 2.24) is 29.5 Å². The fourth-order valence-electron chi connectivity index (χ4n) is 3.35. The molecule has 1 unspecified atom stereocenters. The quantitative estimate of drug-likeness (QED) is 0.694. The topological polar surface area (TPSA) is 116 Å². The first-order valence-electron chi connectivity index (χ1n) is 8.46. The Morgan fingerprint density at radius 1 is 1.42 bits per heavy atom. The third kappa shape index (κ3) is 2.61. The summed E-state index contributed by atoms with van der Waals surface area (Å²) in [5, 5.41) is 14.9. The van der Waals surface area contributed by atoms with Crippen molar-refractivity contribution in [2.24, 2.45) is 0 Å². The summed E-state index contributed by atoms with van der Waals surface area (Å²) in [5.41, 5.74) is 2.04. The monoisotopic (exact) mass is 372 g/mol. The van der Waals surface area contributed by atoms with Crippen LogP contribution in [0.2, 0.25) is 0 Å². The van der Waals surface area contributed by atoms with Gasteiger partial charge in [-0.3, -0.25) is 14.5 Å². The Balaban J connectivity index is 1.47. The fraction of sp³-hybridized carbons (Fsp3) is 0.438. The molecule has 0 spiro atoms. The van der Waals surface area contributed by atoms with E-state index in [1.54, 1.807) is 6.33 Å². The smallest absolute Gasteiger partial charge is 0.321 e. The van der Waals surface area contributed by atoms with Crippen molar-refractivity contribution in [3.8, 4) is 0 Å². The molecule has 134 valence electrons. The van der Waals surface area contributed by atoms with Crippen molar-refractivity contribution in [2.45, 2.75) is 44.3 Å². The molecule has 2 aliphatic rings. The molecule has 3 aromatic rings. The molecular weight excluding hydrogens is 356 g/mol. The minimum atomic E-state index is -0.898. The van der Waals surface area contributed by atoms with Gasteiger partial charge in [-0.1, -0.05) is 11.3 Å². The molecule has 3 aromatic heterocycles. The number of carboxylic acids is 1. The summed E-state index contributed by atoms with van der Waals surface area (Å²) in [6.07, 6.45) is 4.15. The van der Waals surface area contributed by atoms with E-state index in [0.29, 0.717) is 29.5 Å². The van der Waals surface area contributed by atoms with Crippen LogP contribution < -0.4 is 5.56 Å². The van der Waals surface area contributed by atoms with Gasteiger partial charge >= 0.3 is 5.97 Å². The standard InChI is InChI=1S/C16H16N6O3S/c23-13-3-9(19-16-22(13)20-14(26-16)8-1-2-8)5-21-6-11-10(17-7-18-11)4-12(21)15(24)25/h3,7-8,12H,1-2,4-6H2,(H,17,18)(H,24,25). The zero-order chi connectivity index (χ0) is 17.8. The first-order chi connectivity index (χ1) is 12.6. The fourth-order valence-corrected chi connectivity index (χ4v) is 4.44. The number of aromatic nitrogens is 5. The van der Waals surface area contributed by atoms with Crippen LogP contribution in [0.15, 0.2) is 17.2 Å². The lowest BCUT2D eigenvalue weighted by Gasteiger charge is -2.31. The second kappa shape index (κ2) is 5.71. The molecule has 1 atom stereocenters. The van der Waals surface area contributed by atoms with Gasteiger partial charge in [-0.15, -0.1) is 0 Å². The molecule has 0 radical (unpaired) electrons. The number of nitrogens with zero attached hydrogens (tertiary/aromatic N) is 5. The van der Waals surface area contributed by atoms with Crippen LogP contribution in [0.4, 0.5) is 0 Å². The Kier molecular flexibility index (Phi) is 3.44. The molecule has 9 nitrogen and oxygen atoms in total. The summed E-state index contributed by atoms with van der Waals surface area (Å²) in [5.74, 6) is -0.438. The van der Waals surface area contributed by atoms with E-state index in [1.165, 1.54) is 21.9 Å². The molecule has 1 fully saturated rings. The highest BCUT2D eigenvalue weighted by Crippen LogP contribution is 2.41. The van der Waals surface area contributed by atoms with Crippen LogP contribution in [0.25, 0.3) is 4.96 Å². The SMILES string of the molecule is O=C(O)C1Cc2nc[nH]c2CN1Cc1cc(=O)n2nc(C3CC3)sc2n1. The molecule has 0 saturated heterocycles. The van der Waals surface area contributed by atoms with Crippen LogP contribution in [0.1, 0.15) is 40.8 Å². The van der Waals surface area contributed by atoms with Crippen LogP contribution in [0, 0.1) is 0 Å². The summed E-state index contributed by atoms with van der Waals surface area (Å²) in [6, 6.07) is 0.764. The van der Waals surface area contributed by atoms with Gasteiger partial charge in [0.25, 0.3) is 5.56 Å². The maximum Gasteiger partial charge on any atom is 0.321 e. The lowest BCUT2D eigenvalue weighted by Crippen LogP contribution is -2.45. The van der Waals surface area contributed by atoms with Gasteiger partial charge in [0.2, 0.25) is 4.96 Å². The molecule has 10 heteroatoms. The normalized spacial score (nSPS) is 20.4. The molecule has 2 N–H and O–H groups in total. The lowest BCUT2D eigenvalue weighted by molar-refractivity contribution is -0.144. The predicted octanol–water partition coefficient (Wildman–Crippen LogP) is 0.763. The van der Waals surface area contributed by atoms with Crippen LogP contribution in [0.5, 0.6) is 0 Å². The van der Waals surface area contributed by atoms with Crippen molar-refractivity contribution < 1.29 is 9.90 Å². The van der Waals surface area contributed by atoms with Gasteiger partial charge in [0, 0.05) is 31.5 Å². The highest BCUT2D eigenvalue weighted by atomic mass is 32.1. The molecule has 26 heavy (non-hydrogen) atoms. The molecule has 1 aliphatic carbocycles. The lowest BCUT2D eigenvalue weighted by atomic mass is 10.0. The Morgan fingerprint density at radius 2 is 2.27 bits per heavy atom. The second-order valence-corrected chi connectivity index (χ2v) is 7.77. The molecule has 1 saturated carbocycles. The largest absolute Gasteiger partial charge is 0.480 e. The number of carbonyl (C=O) groups is 1.